The Kier molecular flexibility index (Phi) is 2.79. The number of rotatable bonds is 2. The number of Topliss-reactive ketones (excluding diaryl/α,β-unsaturated/α-hetero) is 2. The van der Waals surface area contributed by atoms with Crippen LogP contribution >= 0.6 is 0 Å². The van der Waals surface area contributed by atoms with Crippen LogP contribution in [-0.4, -0.2) is 23.2 Å². The Bertz CT molecular complexity index is 753. The molecular weight excluding hydrogens is 254 g/mol. The second kappa shape index (κ2) is 4.49. The van der Waals surface area contributed by atoms with E-state index in [1.807, 2.05) is 19.3 Å². The van der Waals surface area contributed by atoms with E-state index >= 15 is 0 Å². The summed E-state index contributed by atoms with van der Waals surface area (Å²) < 4.78 is 7.02. The van der Waals surface area contributed by atoms with Crippen molar-refractivity contribution in [3.8, 4) is 0 Å². The molecule has 1 aromatic heterocycles. The highest BCUT2D eigenvalue weighted by atomic mass is 16.5. The molecule has 0 amide bonds. The van der Waals surface area contributed by atoms with E-state index < -0.39 is 0 Å². The Balaban J connectivity index is 2.30. The summed E-state index contributed by atoms with van der Waals surface area (Å²) >= 11 is 0. The number of methoxy groups -OCH3 is 1. The number of aryl methyl sites for hydroxylation is 1. The molecule has 0 N–H and O–H groups in total. The van der Waals surface area contributed by atoms with Crippen LogP contribution in [0.2, 0.25) is 0 Å². The first-order valence-electron chi connectivity index (χ1n) is 6.23. The van der Waals surface area contributed by atoms with Crippen LogP contribution in [-0.2, 0) is 11.8 Å². The number of allylic oxidation sites excluding steroid dienone is 2. The molecule has 4 heteroatoms. The molecule has 1 aliphatic rings. The lowest BCUT2D eigenvalue weighted by Crippen LogP contribution is -2.23. The van der Waals surface area contributed by atoms with Gasteiger partial charge in [-0.2, -0.15) is 0 Å². The fraction of sp³-hybridized carbons (Fsp3) is 0.125. The molecule has 0 radical (unpaired) electrons. The van der Waals surface area contributed by atoms with E-state index in [1.54, 1.807) is 34.9 Å². The molecule has 0 atom stereocenters. The van der Waals surface area contributed by atoms with E-state index in [0.717, 1.165) is 0 Å². The molecular formula is C16H13NO3. The summed E-state index contributed by atoms with van der Waals surface area (Å²) in [5.41, 5.74) is 1.82. The first kappa shape index (κ1) is 12.4. The van der Waals surface area contributed by atoms with Crippen molar-refractivity contribution in [2.24, 2.45) is 7.05 Å². The van der Waals surface area contributed by atoms with Gasteiger partial charge in [0, 0.05) is 24.4 Å². The Morgan fingerprint density at radius 3 is 2.15 bits per heavy atom. The summed E-state index contributed by atoms with van der Waals surface area (Å²) in [4.78, 5) is 25.1. The summed E-state index contributed by atoms with van der Waals surface area (Å²) in [5.74, 6) is -0.326. The molecule has 20 heavy (non-hydrogen) atoms. The molecule has 0 fully saturated rings. The molecule has 0 unspecified atom stereocenters. The van der Waals surface area contributed by atoms with E-state index in [9.17, 15) is 9.59 Å². The molecule has 2 aromatic rings. The Hall–Kier alpha value is -2.62. The quantitative estimate of drug-likeness (QED) is 0.839. The third kappa shape index (κ3) is 1.61. The van der Waals surface area contributed by atoms with Crippen LogP contribution in [0.3, 0.4) is 0 Å². The summed E-state index contributed by atoms with van der Waals surface area (Å²) in [6, 6.07) is 10.4. The number of hydrogen-bond donors (Lipinski definition) is 0. The topological polar surface area (TPSA) is 48.3 Å². The van der Waals surface area contributed by atoms with E-state index in [4.69, 9.17) is 4.74 Å². The van der Waals surface area contributed by atoms with Crippen molar-refractivity contribution in [3.05, 3.63) is 65.2 Å². The zero-order chi connectivity index (χ0) is 14.3. The number of fused-ring (bicyclic) bond motifs is 1. The summed E-state index contributed by atoms with van der Waals surface area (Å²) in [6.45, 7) is 0. The van der Waals surface area contributed by atoms with Crippen molar-refractivity contribution < 1.29 is 14.3 Å². The lowest BCUT2D eigenvalue weighted by Gasteiger charge is -2.20. The van der Waals surface area contributed by atoms with Gasteiger partial charge in [0.1, 0.15) is 0 Å². The molecule has 1 heterocycles. The second-order valence-electron chi connectivity index (χ2n) is 4.62. The monoisotopic (exact) mass is 267 g/mol. The van der Waals surface area contributed by atoms with Crippen LogP contribution in [0.25, 0.3) is 5.57 Å². The maximum absolute atomic E-state index is 12.7. The first-order valence-corrected chi connectivity index (χ1v) is 6.23. The van der Waals surface area contributed by atoms with Crippen molar-refractivity contribution in [2.45, 2.75) is 0 Å². The molecule has 0 saturated carbocycles. The van der Waals surface area contributed by atoms with E-state index in [0.29, 0.717) is 22.4 Å². The van der Waals surface area contributed by atoms with Gasteiger partial charge in [-0.05, 0) is 12.1 Å². The number of ether oxygens (including phenoxy) is 1. The summed E-state index contributed by atoms with van der Waals surface area (Å²) in [5, 5.41) is 0. The van der Waals surface area contributed by atoms with Crippen molar-refractivity contribution in [2.75, 3.05) is 7.11 Å². The van der Waals surface area contributed by atoms with Gasteiger partial charge in [0.2, 0.25) is 5.78 Å². The molecule has 0 aliphatic heterocycles. The number of ketones is 2. The predicted molar refractivity (Wildman–Crippen MR) is 74.4 cm³/mol. The highest BCUT2D eigenvalue weighted by Gasteiger charge is 2.34. The SMILES string of the molecule is COC1=C(c2cccn2C)C(=O)c2ccccc2C1=O. The van der Waals surface area contributed by atoms with Crippen LogP contribution in [0.15, 0.2) is 48.4 Å². The Morgan fingerprint density at radius 1 is 0.950 bits per heavy atom. The van der Waals surface area contributed by atoms with Crippen molar-refractivity contribution in [1.82, 2.24) is 4.57 Å². The third-order valence-corrected chi connectivity index (χ3v) is 3.48. The van der Waals surface area contributed by atoms with Crippen LogP contribution in [0.1, 0.15) is 26.4 Å². The van der Waals surface area contributed by atoms with Crippen LogP contribution in [0.4, 0.5) is 0 Å². The van der Waals surface area contributed by atoms with Gasteiger partial charge in [-0.1, -0.05) is 24.3 Å². The van der Waals surface area contributed by atoms with E-state index in [1.165, 1.54) is 7.11 Å². The molecule has 0 bridgehead atoms. The Labute approximate surface area is 116 Å². The fourth-order valence-corrected chi connectivity index (χ4v) is 2.50. The zero-order valence-corrected chi connectivity index (χ0v) is 11.2. The van der Waals surface area contributed by atoms with Gasteiger partial charge >= 0.3 is 0 Å². The average molecular weight is 267 g/mol. The van der Waals surface area contributed by atoms with Crippen molar-refractivity contribution >= 4 is 17.1 Å². The standard InChI is InChI=1S/C16H13NO3/c1-17-9-5-8-12(17)13-14(18)10-6-3-4-7-11(10)15(19)16(13)20-2/h3-9H,1-2H3. The number of hydrogen-bond acceptors (Lipinski definition) is 3. The maximum Gasteiger partial charge on any atom is 0.229 e. The number of carbonyl (C=O) groups excluding carboxylic acids is 2. The molecule has 1 aromatic carbocycles. The molecule has 0 spiro atoms. The predicted octanol–water partition coefficient (Wildman–Crippen LogP) is 2.46. The maximum atomic E-state index is 12.7. The van der Waals surface area contributed by atoms with Crippen LogP contribution < -0.4 is 0 Å². The molecule has 3 rings (SSSR count). The third-order valence-electron chi connectivity index (χ3n) is 3.48. The van der Waals surface area contributed by atoms with Gasteiger partial charge in [0.25, 0.3) is 0 Å². The Morgan fingerprint density at radius 2 is 1.60 bits per heavy atom. The minimum atomic E-state index is -0.251. The van der Waals surface area contributed by atoms with Crippen LogP contribution in [0, 0.1) is 0 Å². The molecule has 100 valence electrons. The lowest BCUT2D eigenvalue weighted by atomic mass is 9.86. The largest absolute Gasteiger partial charge is 0.492 e. The summed E-state index contributed by atoms with van der Waals surface area (Å²) in [6.07, 6.45) is 1.83. The first-order chi connectivity index (χ1) is 9.65. The minimum Gasteiger partial charge on any atom is -0.492 e. The lowest BCUT2D eigenvalue weighted by molar-refractivity contribution is 0.0924. The number of aromatic nitrogens is 1. The molecule has 0 saturated heterocycles. The van der Waals surface area contributed by atoms with Gasteiger partial charge in [0.05, 0.1) is 18.4 Å². The van der Waals surface area contributed by atoms with E-state index in [2.05, 4.69) is 0 Å². The highest BCUT2D eigenvalue weighted by molar-refractivity contribution is 6.39. The molecule has 1 aliphatic carbocycles. The zero-order valence-electron chi connectivity index (χ0n) is 11.2. The van der Waals surface area contributed by atoms with Gasteiger partial charge < -0.3 is 9.30 Å². The second-order valence-corrected chi connectivity index (χ2v) is 4.62. The smallest absolute Gasteiger partial charge is 0.229 e. The van der Waals surface area contributed by atoms with Crippen molar-refractivity contribution in [3.63, 3.8) is 0 Å². The van der Waals surface area contributed by atoms with Crippen LogP contribution in [0.5, 0.6) is 0 Å². The highest BCUT2D eigenvalue weighted by Crippen LogP contribution is 2.32. The van der Waals surface area contributed by atoms with Gasteiger partial charge in [0.15, 0.2) is 11.5 Å². The van der Waals surface area contributed by atoms with Crippen molar-refractivity contribution in [1.29, 1.82) is 0 Å². The van der Waals surface area contributed by atoms with Gasteiger partial charge in [-0.15, -0.1) is 0 Å². The average Bonchev–Trinajstić information content (AvgIpc) is 2.88. The number of nitrogens with zero attached hydrogens (tertiary/aromatic N) is 1. The van der Waals surface area contributed by atoms with Gasteiger partial charge in [-0.3, -0.25) is 9.59 Å². The molecule has 4 nitrogen and oxygen atoms in total. The number of carbonyl (C=O) groups is 2. The van der Waals surface area contributed by atoms with Gasteiger partial charge in [-0.25, -0.2) is 0 Å². The fourth-order valence-electron chi connectivity index (χ4n) is 2.50. The van der Waals surface area contributed by atoms with E-state index in [-0.39, 0.29) is 17.3 Å². The summed E-state index contributed by atoms with van der Waals surface area (Å²) in [7, 11) is 3.24. The normalized spacial score (nSPS) is 14.5. The minimum absolute atomic E-state index is 0.107. The number of benzene rings is 1.